The van der Waals surface area contributed by atoms with Gasteiger partial charge < -0.3 is 10.2 Å². The minimum absolute atomic E-state index is 0.0974. The normalized spacial score (nSPS) is 18.2. The molecule has 1 aromatic carbocycles. The van der Waals surface area contributed by atoms with Gasteiger partial charge in [-0.3, -0.25) is 9.59 Å². The Labute approximate surface area is 131 Å². The number of amides is 2. The Bertz CT molecular complexity index is 543. The molecule has 0 aliphatic heterocycles. The molecule has 0 saturated heterocycles. The van der Waals surface area contributed by atoms with Crippen molar-refractivity contribution in [3.63, 3.8) is 0 Å². The van der Waals surface area contributed by atoms with E-state index >= 15 is 0 Å². The molecule has 3 rings (SSSR count). The van der Waals surface area contributed by atoms with Gasteiger partial charge in [-0.2, -0.15) is 0 Å². The summed E-state index contributed by atoms with van der Waals surface area (Å²) in [6, 6.07) is 7.70. The largest absolute Gasteiger partial charge is 0.336 e. The lowest BCUT2D eigenvalue weighted by molar-refractivity contribution is -0.117. The van der Waals surface area contributed by atoms with Gasteiger partial charge in [-0.1, -0.05) is 12.8 Å². The first-order chi connectivity index (χ1) is 10.7. The van der Waals surface area contributed by atoms with Gasteiger partial charge in [-0.15, -0.1) is 0 Å². The Morgan fingerprint density at radius 2 is 1.73 bits per heavy atom. The van der Waals surface area contributed by atoms with Gasteiger partial charge in [0.05, 0.1) is 0 Å². The Kier molecular flexibility index (Phi) is 4.46. The third kappa shape index (κ3) is 3.32. The predicted octanol–water partition coefficient (Wildman–Crippen LogP) is 3.44. The van der Waals surface area contributed by atoms with E-state index < -0.39 is 0 Å². The van der Waals surface area contributed by atoms with Gasteiger partial charge in [0.1, 0.15) is 0 Å². The molecule has 22 heavy (non-hydrogen) atoms. The van der Waals surface area contributed by atoms with E-state index in [0.717, 1.165) is 37.9 Å². The predicted molar refractivity (Wildman–Crippen MR) is 86.8 cm³/mol. The fourth-order valence-corrected chi connectivity index (χ4v) is 3.24. The van der Waals surface area contributed by atoms with Crippen LogP contribution < -0.4 is 5.32 Å². The quantitative estimate of drug-likeness (QED) is 0.905. The summed E-state index contributed by atoms with van der Waals surface area (Å²) in [4.78, 5) is 26.4. The summed E-state index contributed by atoms with van der Waals surface area (Å²) in [5.74, 6) is 0.397. The molecule has 118 valence electrons. The third-order valence-corrected chi connectivity index (χ3v) is 4.71. The molecule has 0 heterocycles. The highest BCUT2D eigenvalue weighted by Gasteiger charge is 2.29. The van der Waals surface area contributed by atoms with Crippen LogP contribution in [0, 0.1) is 5.92 Å². The molecule has 2 saturated carbocycles. The van der Waals surface area contributed by atoms with Crippen LogP contribution in [0.5, 0.6) is 0 Å². The van der Waals surface area contributed by atoms with Gasteiger partial charge >= 0.3 is 0 Å². The zero-order valence-electron chi connectivity index (χ0n) is 13.2. The van der Waals surface area contributed by atoms with Crippen molar-refractivity contribution in [3.8, 4) is 0 Å². The maximum atomic E-state index is 12.7. The molecule has 2 amide bonds. The van der Waals surface area contributed by atoms with E-state index in [1.165, 1.54) is 12.8 Å². The highest BCUT2D eigenvalue weighted by atomic mass is 16.2. The van der Waals surface area contributed by atoms with Crippen molar-refractivity contribution in [1.82, 2.24) is 4.90 Å². The zero-order valence-corrected chi connectivity index (χ0v) is 13.2. The van der Waals surface area contributed by atoms with Crippen LogP contribution >= 0.6 is 0 Å². The SMILES string of the molecule is CCN(C(=O)c1ccc(NC(=O)C2CC2)cc1)C1CCCC1. The van der Waals surface area contributed by atoms with Crippen LogP contribution in [0.25, 0.3) is 0 Å². The fourth-order valence-electron chi connectivity index (χ4n) is 3.24. The lowest BCUT2D eigenvalue weighted by Gasteiger charge is -2.27. The minimum Gasteiger partial charge on any atom is -0.336 e. The Balaban J connectivity index is 1.65. The first-order valence-corrected chi connectivity index (χ1v) is 8.41. The molecular weight excluding hydrogens is 276 g/mol. The van der Waals surface area contributed by atoms with Crippen molar-refractivity contribution in [3.05, 3.63) is 29.8 Å². The molecule has 0 bridgehead atoms. The standard InChI is InChI=1S/C18H24N2O2/c1-2-20(16-5-3-4-6-16)18(22)14-9-11-15(12-10-14)19-17(21)13-7-8-13/h9-13,16H,2-8H2,1H3,(H,19,21). The van der Waals surface area contributed by atoms with Gasteiger partial charge in [0.15, 0.2) is 0 Å². The summed E-state index contributed by atoms with van der Waals surface area (Å²) in [6.45, 7) is 2.80. The number of nitrogens with zero attached hydrogens (tertiary/aromatic N) is 1. The van der Waals surface area contributed by atoms with Crippen LogP contribution in [0.15, 0.2) is 24.3 Å². The second-order valence-electron chi connectivity index (χ2n) is 6.37. The topological polar surface area (TPSA) is 49.4 Å². The van der Waals surface area contributed by atoms with Gasteiger partial charge in [-0.05, 0) is 56.9 Å². The molecule has 0 aromatic heterocycles. The zero-order chi connectivity index (χ0) is 15.5. The number of anilines is 1. The van der Waals surface area contributed by atoms with Crippen molar-refractivity contribution < 1.29 is 9.59 Å². The third-order valence-electron chi connectivity index (χ3n) is 4.71. The first-order valence-electron chi connectivity index (χ1n) is 8.41. The van der Waals surface area contributed by atoms with Crippen LogP contribution in [0.2, 0.25) is 0 Å². The smallest absolute Gasteiger partial charge is 0.254 e. The number of hydrogen-bond acceptors (Lipinski definition) is 2. The number of nitrogens with one attached hydrogen (secondary N) is 1. The fraction of sp³-hybridized carbons (Fsp3) is 0.556. The Morgan fingerprint density at radius 1 is 1.09 bits per heavy atom. The van der Waals surface area contributed by atoms with Crippen molar-refractivity contribution >= 4 is 17.5 Å². The van der Waals surface area contributed by atoms with E-state index in [9.17, 15) is 9.59 Å². The summed E-state index contributed by atoms with van der Waals surface area (Å²) in [6.07, 6.45) is 6.68. The van der Waals surface area contributed by atoms with Crippen LogP contribution in [0.4, 0.5) is 5.69 Å². The average Bonchev–Trinajstić information content (AvgIpc) is 3.26. The number of carbonyl (C=O) groups is 2. The highest BCUT2D eigenvalue weighted by Crippen LogP contribution is 2.30. The van der Waals surface area contributed by atoms with E-state index in [4.69, 9.17) is 0 Å². The molecule has 2 aliphatic carbocycles. The first kappa shape index (κ1) is 15.1. The maximum Gasteiger partial charge on any atom is 0.254 e. The van der Waals surface area contributed by atoms with Gasteiger partial charge in [0, 0.05) is 29.8 Å². The second kappa shape index (κ2) is 6.51. The van der Waals surface area contributed by atoms with E-state index in [1.54, 1.807) is 0 Å². The van der Waals surface area contributed by atoms with Crippen LogP contribution in [-0.2, 0) is 4.79 Å². The molecule has 2 aliphatic rings. The molecule has 1 N–H and O–H groups in total. The summed E-state index contributed by atoms with van der Waals surface area (Å²) in [7, 11) is 0. The molecule has 4 nitrogen and oxygen atoms in total. The number of benzene rings is 1. The molecule has 0 unspecified atom stereocenters. The Hall–Kier alpha value is -1.84. The summed E-state index contributed by atoms with van der Waals surface area (Å²) in [5.41, 5.74) is 1.48. The maximum absolute atomic E-state index is 12.7. The van der Waals surface area contributed by atoms with Crippen LogP contribution in [0.1, 0.15) is 55.8 Å². The Morgan fingerprint density at radius 3 is 2.27 bits per heavy atom. The molecule has 1 aromatic rings. The van der Waals surface area contributed by atoms with E-state index in [1.807, 2.05) is 36.1 Å². The van der Waals surface area contributed by atoms with Crippen molar-refractivity contribution in [1.29, 1.82) is 0 Å². The molecule has 0 spiro atoms. The molecular formula is C18H24N2O2. The average molecular weight is 300 g/mol. The van der Waals surface area contributed by atoms with Crippen LogP contribution in [0.3, 0.4) is 0 Å². The monoisotopic (exact) mass is 300 g/mol. The summed E-state index contributed by atoms with van der Waals surface area (Å²) in [5, 5.41) is 2.90. The van der Waals surface area contributed by atoms with Gasteiger partial charge in [-0.25, -0.2) is 0 Å². The molecule has 0 atom stereocenters. The highest BCUT2D eigenvalue weighted by molar-refractivity contribution is 5.97. The van der Waals surface area contributed by atoms with E-state index in [-0.39, 0.29) is 17.7 Å². The lowest BCUT2D eigenvalue weighted by Crippen LogP contribution is -2.38. The lowest BCUT2D eigenvalue weighted by atomic mass is 10.1. The molecule has 4 heteroatoms. The molecule has 2 fully saturated rings. The number of carbonyl (C=O) groups excluding carboxylic acids is 2. The van der Waals surface area contributed by atoms with Crippen molar-refractivity contribution in [2.75, 3.05) is 11.9 Å². The number of rotatable bonds is 5. The molecule has 0 radical (unpaired) electrons. The van der Waals surface area contributed by atoms with E-state index in [0.29, 0.717) is 11.6 Å². The van der Waals surface area contributed by atoms with Crippen molar-refractivity contribution in [2.24, 2.45) is 5.92 Å². The second-order valence-corrected chi connectivity index (χ2v) is 6.37. The van der Waals surface area contributed by atoms with E-state index in [2.05, 4.69) is 5.32 Å². The summed E-state index contributed by atoms with van der Waals surface area (Å²) < 4.78 is 0. The van der Waals surface area contributed by atoms with Crippen LogP contribution in [-0.4, -0.2) is 29.3 Å². The van der Waals surface area contributed by atoms with Gasteiger partial charge in [0.25, 0.3) is 5.91 Å². The minimum atomic E-state index is 0.0974. The van der Waals surface area contributed by atoms with Gasteiger partial charge in [0.2, 0.25) is 5.91 Å². The van der Waals surface area contributed by atoms with Crippen molar-refractivity contribution in [2.45, 2.75) is 51.5 Å². The number of hydrogen-bond donors (Lipinski definition) is 1. The summed E-state index contributed by atoms with van der Waals surface area (Å²) >= 11 is 0.